The molecule has 3 saturated heterocycles. The molecule has 8 nitrogen and oxygen atoms in total. The summed E-state index contributed by atoms with van der Waals surface area (Å²) in [6, 6.07) is 0.850. The van der Waals surface area contributed by atoms with Gasteiger partial charge in [0.05, 0.1) is 46.6 Å². The van der Waals surface area contributed by atoms with Crippen LogP contribution in [0.1, 0.15) is 37.3 Å². The molecule has 4 aliphatic rings. The van der Waals surface area contributed by atoms with Gasteiger partial charge in [0.25, 0.3) is 0 Å². The van der Waals surface area contributed by atoms with Gasteiger partial charge < -0.3 is 20.1 Å². The highest BCUT2D eigenvalue weighted by molar-refractivity contribution is 6.36. The van der Waals surface area contributed by atoms with Crippen LogP contribution >= 0.6 is 11.6 Å². The molecule has 7 rings (SSSR count). The van der Waals surface area contributed by atoms with Crippen molar-refractivity contribution in [3.63, 3.8) is 0 Å². The highest BCUT2D eigenvalue weighted by atomic mass is 35.5. The molecule has 0 amide bonds. The fourth-order valence-electron chi connectivity index (χ4n) is 6.66. The van der Waals surface area contributed by atoms with Crippen LogP contribution in [0, 0.1) is 18.7 Å². The largest absolute Gasteiger partial charge is 0.489 e. The molecule has 0 radical (unpaired) electrons. The zero-order valence-electron chi connectivity index (χ0n) is 23.1. The van der Waals surface area contributed by atoms with E-state index < -0.39 is 35.5 Å². The summed E-state index contributed by atoms with van der Waals surface area (Å²) in [6.45, 7) is 4.71. The number of hydrogen-bond donors (Lipinski definition) is 1. The lowest BCUT2D eigenvalue weighted by Crippen LogP contribution is -2.45. The smallest absolute Gasteiger partial charge is 0.418 e. The minimum absolute atomic E-state index is 0.0191. The highest BCUT2D eigenvalue weighted by Gasteiger charge is 2.45. The van der Waals surface area contributed by atoms with Crippen molar-refractivity contribution >= 4 is 34.1 Å². The topological polar surface area (TPSA) is 89.6 Å². The van der Waals surface area contributed by atoms with Crippen molar-refractivity contribution in [1.82, 2.24) is 19.9 Å². The van der Waals surface area contributed by atoms with Gasteiger partial charge in [-0.1, -0.05) is 11.6 Å². The number of ether oxygens (including phenoxy) is 2. The molecule has 14 heteroatoms. The van der Waals surface area contributed by atoms with Crippen molar-refractivity contribution < 1.29 is 31.4 Å². The van der Waals surface area contributed by atoms with E-state index in [1.165, 1.54) is 6.92 Å². The Balaban J connectivity index is 1.60. The Morgan fingerprint density at radius 2 is 1.98 bits per heavy atom. The fraction of sp³-hybridized carbons (Fsp3) is 0.536. The van der Waals surface area contributed by atoms with E-state index >= 15 is 4.39 Å². The molecule has 0 spiro atoms. The van der Waals surface area contributed by atoms with Gasteiger partial charge in [-0.05, 0) is 50.7 Å². The van der Waals surface area contributed by atoms with Crippen molar-refractivity contribution in [3.8, 4) is 23.0 Å². The second-order valence-electron chi connectivity index (χ2n) is 11.0. The molecule has 6 heterocycles. The lowest BCUT2D eigenvalue weighted by Gasteiger charge is -2.36. The van der Waals surface area contributed by atoms with E-state index in [0.717, 1.165) is 25.5 Å². The number of piperidine rings is 1. The maximum absolute atomic E-state index is 16.6. The predicted octanol–water partition coefficient (Wildman–Crippen LogP) is 5.81. The monoisotopic (exact) mass is 612 g/mol. The third-order valence-corrected chi connectivity index (χ3v) is 8.79. The zero-order chi connectivity index (χ0) is 29.9. The van der Waals surface area contributed by atoms with Gasteiger partial charge in [-0.3, -0.25) is 9.29 Å². The Morgan fingerprint density at radius 3 is 2.69 bits per heavy atom. The number of pyridine rings is 1. The first-order valence-corrected chi connectivity index (χ1v) is 14.3. The lowest BCUT2D eigenvalue weighted by atomic mass is 9.90. The molecule has 226 valence electrons. The fourth-order valence-corrected chi connectivity index (χ4v) is 6.98. The number of hydrogen-bond acceptors (Lipinski definition) is 8. The van der Waals surface area contributed by atoms with Crippen LogP contribution < -0.4 is 20.1 Å². The Hall–Kier alpha value is -3.19. The van der Waals surface area contributed by atoms with Crippen LogP contribution in [-0.2, 0) is 6.18 Å². The molecular formula is C28H30ClF5N6O2. The second kappa shape index (κ2) is 10.8. The Morgan fingerprint density at radius 1 is 1.19 bits per heavy atom. The molecule has 3 fully saturated rings. The zero-order valence-corrected chi connectivity index (χ0v) is 23.8. The van der Waals surface area contributed by atoms with E-state index in [0.29, 0.717) is 25.3 Å². The molecule has 2 N–H and O–H groups in total. The SMILES string of the molecule is CCOc1nc2c3c(c(Cl)c(-c4nc(N)cc(C)c4C(F)(F)F)c(F)c3n1)OC[C@@H]1[C@@H]3CC[C@H](CN21)N(CCCF)C3. The normalized spacial score (nSPS) is 22.1. The van der Waals surface area contributed by atoms with Crippen molar-refractivity contribution in [3.05, 3.63) is 28.0 Å². The summed E-state index contributed by atoms with van der Waals surface area (Å²) in [4.78, 5) is 17.2. The minimum Gasteiger partial charge on any atom is -0.489 e. The van der Waals surface area contributed by atoms with Gasteiger partial charge in [0, 0.05) is 25.7 Å². The van der Waals surface area contributed by atoms with E-state index in [1.54, 1.807) is 6.92 Å². The number of alkyl halides is 4. The molecule has 3 aromatic rings. The average Bonchev–Trinajstić information content (AvgIpc) is 3.26. The Labute approximate surface area is 244 Å². The number of rotatable bonds is 6. The van der Waals surface area contributed by atoms with Crippen LogP contribution in [0.3, 0.4) is 0 Å². The number of nitrogen functional groups attached to an aromatic ring is 1. The molecular weight excluding hydrogens is 583 g/mol. The minimum atomic E-state index is -4.88. The number of fused-ring (bicyclic) bond motifs is 2. The van der Waals surface area contributed by atoms with Gasteiger partial charge in [0.1, 0.15) is 23.8 Å². The Kier molecular flexibility index (Phi) is 7.45. The predicted molar refractivity (Wildman–Crippen MR) is 148 cm³/mol. The van der Waals surface area contributed by atoms with Crippen LogP contribution in [0.25, 0.3) is 22.2 Å². The number of nitrogens with two attached hydrogens (primary N) is 1. The summed E-state index contributed by atoms with van der Waals surface area (Å²) in [6.07, 6.45) is -2.64. The number of anilines is 2. The summed E-state index contributed by atoms with van der Waals surface area (Å²) in [5.41, 5.74) is 2.80. The van der Waals surface area contributed by atoms with E-state index in [4.69, 9.17) is 26.8 Å². The van der Waals surface area contributed by atoms with Gasteiger partial charge in [-0.25, -0.2) is 9.37 Å². The van der Waals surface area contributed by atoms with E-state index in [-0.39, 0.29) is 70.3 Å². The van der Waals surface area contributed by atoms with Crippen molar-refractivity contribution in [2.45, 2.75) is 51.4 Å². The lowest BCUT2D eigenvalue weighted by molar-refractivity contribution is -0.137. The van der Waals surface area contributed by atoms with E-state index in [2.05, 4.69) is 24.8 Å². The summed E-state index contributed by atoms with van der Waals surface area (Å²) in [5.74, 6) is -0.898. The third-order valence-electron chi connectivity index (χ3n) is 8.43. The first-order valence-electron chi connectivity index (χ1n) is 13.9. The molecule has 42 heavy (non-hydrogen) atoms. The second-order valence-corrected chi connectivity index (χ2v) is 11.3. The first-order chi connectivity index (χ1) is 20.0. The van der Waals surface area contributed by atoms with Crippen molar-refractivity contribution in [2.75, 3.05) is 50.2 Å². The number of aryl methyl sites for hydroxylation is 1. The maximum Gasteiger partial charge on any atom is 0.418 e. The molecule has 1 aromatic carbocycles. The van der Waals surface area contributed by atoms with Crippen LogP contribution in [0.4, 0.5) is 33.6 Å². The van der Waals surface area contributed by atoms with Crippen LogP contribution in [-0.4, -0.2) is 71.5 Å². The third kappa shape index (κ3) is 4.74. The molecule has 2 aromatic heterocycles. The van der Waals surface area contributed by atoms with Crippen molar-refractivity contribution in [1.29, 1.82) is 0 Å². The molecule has 4 aliphatic heterocycles. The first kappa shape index (κ1) is 28.9. The van der Waals surface area contributed by atoms with E-state index in [9.17, 15) is 17.6 Å². The standard InChI is InChI=1S/C28H30ClF5N6O2/c1-3-41-27-37-24-19-25(21(29)18(22(24)31)23-20(28(32,33)34)13(2)9-17(35)36-23)42-12-16-14-5-6-15(11-40(16)26(19)38-27)39(10-14)8-4-7-30/h9,14-16H,3-8,10-12H2,1-2H3,(H2,35,36)/t14-,15-,16-/m1/s1. The van der Waals surface area contributed by atoms with Crippen LogP contribution in [0.15, 0.2) is 6.07 Å². The molecule has 0 aliphatic carbocycles. The van der Waals surface area contributed by atoms with Crippen LogP contribution in [0.2, 0.25) is 5.02 Å². The van der Waals surface area contributed by atoms with Crippen LogP contribution in [0.5, 0.6) is 11.8 Å². The molecule has 0 saturated carbocycles. The van der Waals surface area contributed by atoms with Gasteiger partial charge in [-0.2, -0.15) is 23.1 Å². The molecule has 3 atom stereocenters. The average molecular weight is 613 g/mol. The number of halogens is 6. The van der Waals surface area contributed by atoms with Gasteiger partial charge in [-0.15, -0.1) is 0 Å². The summed E-state index contributed by atoms with van der Waals surface area (Å²) < 4.78 is 84.3. The van der Waals surface area contributed by atoms with Crippen molar-refractivity contribution in [2.24, 2.45) is 5.92 Å². The number of nitrogens with zero attached hydrogens (tertiary/aromatic N) is 5. The quantitative estimate of drug-likeness (QED) is 0.349. The summed E-state index contributed by atoms with van der Waals surface area (Å²) in [5, 5.41) is -0.220. The Bertz CT molecular complexity index is 1540. The maximum atomic E-state index is 16.6. The van der Waals surface area contributed by atoms with E-state index in [1.807, 2.05) is 0 Å². The number of benzene rings is 1. The molecule has 2 bridgehead atoms. The summed E-state index contributed by atoms with van der Waals surface area (Å²) >= 11 is 6.76. The van der Waals surface area contributed by atoms with Gasteiger partial charge >= 0.3 is 12.2 Å². The molecule has 0 unspecified atom stereocenters. The summed E-state index contributed by atoms with van der Waals surface area (Å²) in [7, 11) is 0. The number of aromatic nitrogens is 3. The van der Waals surface area contributed by atoms with Gasteiger partial charge in [0.2, 0.25) is 0 Å². The highest BCUT2D eigenvalue weighted by Crippen LogP contribution is 2.51. The van der Waals surface area contributed by atoms with Gasteiger partial charge in [0.15, 0.2) is 11.6 Å².